The summed E-state index contributed by atoms with van der Waals surface area (Å²) in [6.07, 6.45) is 9.86. The van der Waals surface area contributed by atoms with Crippen LogP contribution in [0.4, 0.5) is 0 Å². The molecule has 5 heteroatoms. The third-order valence-corrected chi connectivity index (χ3v) is 3.27. The normalized spacial score (nSPS) is 12.1. The van der Waals surface area contributed by atoms with Gasteiger partial charge in [-0.15, -0.1) is 0 Å². The zero-order chi connectivity index (χ0) is 14.5. The first kappa shape index (κ1) is 17.9. The number of hydrogen-bond donors (Lipinski definition) is 1. The largest absolute Gasteiger partial charge is 0.350 e. The van der Waals surface area contributed by atoms with Crippen molar-refractivity contribution in [2.75, 3.05) is 6.54 Å². The van der Waals surface area contributed by atoms with Crippen LogP contribution in [0, 0.1) is 10.1 Å². The molecule has 0 aromatic carbocycles. The number of amides is 1. The van der Waals surface area contributed by atoms with Crippen LogP contribution >= 0.6 is 0 Å². The fourth-order valence-electron chi connectivity index (χ4n) is 2.02. The van der Waals surface area contributed by atoms with Crippen molar-refractivity contribution in [3.63, 3.8) is 0 Å². The number of nitrogens with zero attached hydrogens (tertiary/aromatic N) is 1. The fraction of sp³-hybridized carbons (Fsp3) is 0.929. The summed E-state index contributed by atoms with van der Waals surface area (Å²) in [5, 5.41) is 13.2. The highest BCUT2D eigenvalue weighted by molar-refractivity contribution is 5.80. The Balaban J connectivity index is 3.43. The molecule has 0 bridgehead atoms. The van der Waals surface area contributed by atoms with Crippen LogP contribution in [-0.4, -0.2) is 23.4 Å². The molecule has 1 N–H and O–H groups in total. The second-order valence-corrected chi connectivity index (χ2v) is 4.98. The first-order valence-corrected chi connectivity index (χ1v) is 7.54. The van der Waals surface area contributed by atoms with E-state index in [1.807, 2.05) is 0 Å². The van der Waals surface area contributed by atoms with Crippen molar-refractivity contribution in [1.29, 1.82) is 0 Å². The molecular formula is C14H28N2O3. The van der Waals surface area contributed by atoms with E-state index in [-0.39, 0.29) is 6.42 Å². The third-order valence-electron chi connectivity index (χ3n) is 3.27. The van der Waals surface area contributed by atoms with E-state index in [1.54, 1.807) is 6.92 Å². The van der Waals surface area contributed by atoms with Crippen LogP contribution in [0.3, 0.4) is 0 Å². The molecule has 0 heterocycles. The molecule has 0 saturated heterocycles. The lowest BCUT2D eigenvalue weighted by atomic mass is 10.1. The summed E-state index contributed by atoms with van der Waals surface area (Å²) in [5.74, 6) is -0.449. The van der Waals surface area contributed by atoms with Crippen molar-refractivity contribution in [3.05, 3.63) is 10.1 Å². The lowest BCUT2D eigenvalue weighted by molar-refractivity contribution is -0.508. The fourth-order valence-corrected chi connectivity index (χ4v) is 2.02. The van der Waals surface area contributed by atoms with Crippen molar-refractivity contribution >= 4 is 5.91 Å². The van der Waals surface area contributed by atoms with Crippen LogP contribution in [0.1, 0.15) is 71.6 Å². The molecule has 0 rings (SSSR count). The molecule has 0 spiro atoms. The summed E-state index contributed by atoms with van der Waals surface area (Å²) in [7, 11) is 0. The van der Waals surface area contributed by atoms with E-state index in [1.165, 1.54) is 38.5 Å². The standard InChI is InChI=1S/C14H28N2O3/c1-3-5-6-7-8-9-10-11-12-15-14(17)13(4-2)16(18)19/h13H,3-12H2,1-2H3,(H,15,17). The SMILES string of the molecule is CCCCCCCCCCNC(=O)C(CC)[N+](=O)[O-]. The van der Waals surface area contributed by atoms with Gasteiger partial charge in [0.25, 0.3) is 11.9 Å². The number of nitro groups is 1. The van der Waals surface area contributed by atoms with Crippen LogP contribution in [0.2, 0.25) is 0 Å². The minimum atomic E-state index is -1.09. The Hall–Kier alpha value is -1.13. The van der Waals surface area contributed by atoms with Gasteiger partial charge in [-0.2, -0.15) is 0 Å². The molecule has 1 amide bonds. The smallest absolute Gasteiger partial charge is 0.294 e. The predicted octanol–water partition coefficient (Wildman–Crippen LogP) is 3.30. The summed E-state index contributed by atoms with van der Waals surface area (Å²) in [6.45, 7) is 4.42. The van der Waals surface area contributed by atoms with E-state index in [4.69, 9.17) is 0 Å². The molecular weight excluding hydrogens is 244 g/mol. The summed E-state index contributed by atoms with van der Waals surface area (Å²) in [4.78, 5) is 21.5. The first-order chi connectivity index (χ1) is 9.13. The molecule has 0 saturated carbocycles. The van der Waals surface area contributed by atoms with Crippen molar-refractivity contribution in [2.45, 2.75) is 77.7 Å². The minimum Gasteiger partial charge on any atom is -0.350 e. The molecule has 5 nitrogen and oxygen atoms in total. The highest BCUT2D eigenvalue weighted by atomic mass is 16.6. The highest BCUT2D eigenvalue weighted by Gasteiger charge is 2.26. The van der Waals surface area contributed by atoms with Gasteiger partial charge >= 0.3 is 0 Å². The Bertz CT molecular complexity index is 257. The number of hydrogen-bond acceptors (Lipinski definition) is 3. The quantitative estimate of drug-likeness (QED) is 0.336. The maximum Gasteiger partial charge on any atom is 0.294 e. The lowest BCUT2D eigenvalue weighted by Crippen LogP contribution is -2.39. The van der Waals surface area contributed by atoms with Crippen LogP contribution < -0.4 is 5.32 Å². The number of carbonyl (C=O) groups excluding carboxylic acids is 1. The zero-order valence-electron chi connectivity index (χ0n) is 12.3. The van der Waals surface area contributed by atoms with Crippen molar-refractivity contribution < 1.29 is 9.72 Å². The van der Waals surface area contributed by atoms with Gasteiger partial charge in [0, 0.05) is 17.9 Å². The monoisotopic (exact) mass is 272 g/mol. The highest BCUT2D eigenvalue weighted by Crippen LogP contribution is 2.08. The summed E-state index contributed by atoms with van der Waals surface area (Å²) < 4.78 is 0. The van der Waals surface area contributed by atoms with Gasteiger partial charge in [0.05, 0.1) is 0 Å². The van der Waals surface area contributed by atoms with Crippen LogP contribution in [0.25, 0.3) is 0 Å². The van der Waals surface area contributed by atoms with Gasteiger partial charge in [0.2, 0.25) is 0 Å². The van der Waals surface area contributed by atoms with E-state index >= 15 is 0 Å². The molecule has 0 aromatic heterocycles. The third kappa shape index (κ3) is 9.45. The number of carbonyl (C=O) groups is 1. The van der Waals surface area contributed by atoms with E-state index in [2.05, 4.69) is 12.2 Å². The Labute approximate surface area is 116 Å². The summed E-state index contributed by atoms with van der Waals surface area (Å²) in [5.41, 5.74) is 0. The van der Waals surface area contributed by atoms with Crippen molar-refractivity contribution in [2.24, 2.45) is 0 Å². The Morgan fingerprint density at radius 2 is 1.58 bits per heavy atom. The van der Waals surface area contributed by atoms with Gasteiger partial charge in [-0.05, 0) is 6.42 Å². The summed E-state index contributed by atoms with van der Waals surface area (Å²) in [6, 6.07) is -1.09. The molecule has 0 aliphatic heterocycles. The van der Waals surface area contributed by atoms with Gasteiger partial charge < -0.3 is 5.32 Å². The van der Waals surface area contributed by atoms with Crippen LogP contribution in [-0.2, 0) is 4.79 Å². The van der Waals surface area contributed by atoms with Crippen LogP contribution in [0.15, 0.2) is 0 Å². The molecule has 1 atom stereocenters. The minimum absolute atomic E-state index is 0.246. The molecule has 0 aliphatic rings. The Morgan fingerprint density at radius 3 is 2.05 bits per heavy atom. The van der Waals surface area contributed by atoms with Gasteiger partial charge in [0.15, 0.2) is 0 Å². The van der Waals surface area contributed by atoms with Gasteiger partial charge in [0.1, 0.15) is 0 Å². The number of rotatable bonds is 12. The van der Waals surface area contributed by atoms with Gasteiger partial charge in [-0.25, -0.2) is 0 Å². The van der Waals surface area contributed by atoms with E-state index in [0.717, 1.165) is 12.8 Å². The van der Waals surface area contributed by atoms with Gasteiger partial charge in [-0.1, -0.05) is 58.8 Å². The average Bonchev–Trinajstić information content (AvgIpc) is 2.37. The molecule has 0 aliphatic carbocycles. The second-order valence-electron chi connectivity index (χ2n) is 4.98. The number of nitrogens with one attached hydrogen (secondary N) is 1. The maximum atomic E-state index is 11.5. The summed E-state index contributed by atoms with van der Waals surface area (Å²) >= 11 is 0. The van der Waals surface area contributed by atoms with Crippen molar-refractivity contribution in [1.82, 2.24) is 5.32 Å². The lowest BCUT2D eigenvalue weighted by Gasteiger charge is -2.08. The van der Waals surface area contributed by atoms with Crippen LogP contribution in [0.5, 0.6) is 0 Å². The Morgan fingerprint density at radius 1 is 1.05 bits per heavy atom. The first-order valence-electron chi connectivity index (χ1n) is 7.54. The molecule has 0 fully saturated rings. The van der Waals surface area contributed by atoms with E-state index < -0.39 is 16.9 Å². The molecule has 0 aromatic rings. The zero-order valence-corrected chi connectivity index (χ0v) is 12.3. The predicted molar refractivity (Wildman–Crippen MR) is 76.7 cm³/mol. The van der Waals surface area contributed by atoms with E-state index in [9.17, 15) is 14.9 Å². The topological polar surface area (TPSA) is 72.2 Å². The molecule has 112 valence electrons. The molecule has 19 heavy (non-hydrogen) atoms. The number of unbranched alkanes of at least 4 members (excludes halogenated alkanes) is 7. The second kappa shape index (κ2) is 11.9. The van der Waals surface area contributed by atoms with E-state index in [0.29, 0.717) is 6.54 Å². The Kier molecular flexibility index (Phi) is 11.2. The molecule has 0 radical (unpaired) electrons. The van der Waals surface area contributed by atoms with Gasteiger partial charge in [-0.3, -0.25) is 14.9 Å². The maximum absolute atomic E-state index is 11.5. The van der Waals surface area contributed by atoms with Crippen molar-refractivity contribution in [3.8, 4) is 0 Å². The average molecular weight is 272 g/mol. The molecule has 1 unspecified atom stereocenters.